The second kappa shape index (κ2) is 4.98. The molecule has 90 valence electrons. The third-order valence-corrected chi connectivity index (χ3v) is 4.15. The lowest BCUT2D eigenvalue weighted by molar-refractivity contribution is -0.153. The van der Waals surface area contributed by atoms with Gasteiger partial charge in [0.05, 0.1) is 12.5 Å². The summed E-state index contributed by atoms with van der Waals surface area (Å²) < 4.78 is 5.25. The Bertz CT molecular complexity index is 274. The molecule has 0 N–H and O–H groups in total. The van der Waals surface area contributed by atoms with Crippen molar-refractivity contribution < 1.29 is 14.3 Å². The highest BCUT2D eigenvalue weighted by Crippen LogP contribution is 2.51. The van der Waals surface area contributed by atoms with Gasteiger partial charge in [-0.05, 0) is 37.5 Å². The highest BCUT2D eigenvalue weighted by atomic mass is 16.5. The van der Waals surface area contributed by atoms with Crippen LogP contribution in [-0.2, 0) is 14.3 Å². The van der Waals surface area contributed by atoms with Crippen molar-refractivity contribution in [3.05, 3.63) is 0 Å². The quantitative estimate of drug-likeness (QED) is 0.408. The van der Waals surface area contributed by atoms with E-state index in [2.05, 4.69) is 6.92 Å². The second-order valence-corrected chi connectivity index (χ2v) is 5.09. The summed E-state index contributed by atoms with van der Waals surface area (Å²) in [7, 11) is 0. The van der Waals surface area contributed by atoms with Crippen LogP contribution in [0.5, 0.6) is 0 Å². The van der Waals surface area contributed by atoms with E-state index in [1.54, 1.807) is 0 Å². The fourth-order valence-corrected chi connectivity index (χ4v) is 3.29. The van der Waals surface area contributed by atoms with E-state index in [0.717, 1.165) is 38.4 Å². The molecule has 2 bridgehead atoms. The monoisotopic (exact) mass is 224 g/mol. The molecule has 3 nitrogen and oxygen atoms in total. The van der Waals surface area contributed by atoms with Crippen molar-refractivity contribution in [2.45, 2.75) is 39.0 Å². The first kappa shape index (κ1) is 11.6. The van der Waals surface area contributed by atoms with E-state index in [-0.39, 0.29) is 17.8 Å². The number of ether oxygens (including phenoxy) is 1. The van der Waals surface area contributed by atoms with Gasteiger partial charge in [0.25, 0.3) is 0 Å². The Morgan fingerprint density at radius 1 is 1.38 bits per heavy atom. The molecule has 2 saturated carbocycles. The Balaban J connectivity index is 1.92. The van der Waals surface area contributed by atoms with E-state index in [0.29, 0.717) is 18.4 Å². The number of carbonyl (C=O) groups is 2. The minimum absolute atomic E-state index is 0.0622. The van der Waals surface area contributed by atoms with Crippen molar-refractivity contribution in [2.24, 2.45) is 23.7 Å². The smallest absolute Gasteiger partial charge is 0.309 e. The molecule has 0 aliphatic heterocycles. The third-order valence-electron chi connectivity index (χ3n) is 4.15. The Kier molecular flexibility index (Phi) is 3.62. The SMILES string of the molecule is CCCCOC(=O)C1C2CCC(C2)C1C=O. The summed E-state index contributed by atoms with van der Waals surface area (Å²) in [5.41, 5.74) is 0. The van der Waals surface area contributed by atoms with Crippen LogP contribution < -0.4 is 0 Å². The summed E-state index contributed by atoms with van der Waals surface area (Å²) in [6.07, 6.45) is 6.20. The van der Waals surface area contributed by atoms with Crippen molar-refractivity contribution in [1.82, 2.24) is 0 Å². The van der Waals surface area contributed by atoms with Crippen molar-refractivity contribution in [3.8, 4) is 0 Å². The summed E-state index contributed by atoms with van der Waals surface area (Å²) in [6, 6.07) is 0. The minimum atomic E-state index is -0.131. The van der Waals surface area contributed by atoms with E-state index in [4.69, 9.17) is 4.74 Å². The van der Waals surface area contributed by atoms with E-state index >= 15 is 0 Å². The molecule has 0 spiro atoms. The lowest BCUT2D eigenvalue weighted by Gasteiger charge is -2.25. The lowest BCUT2D eigenvalue weighted by atomic mass is 9.80. The first-order chi connectivity index (χ1) is 7.77. The van der Waals surface area contributed by atoms with Crippen LogP contribution in [0.4, 0.5) is 0 Å². The van der Waals surface area contributed by atoms with Crippen LogP contribution in [0.1, 0.15) is 39.0 Å². The third kappa shape index (κ3) is 2.00. The minimum Gasteiger partial charge on any atom is -0.465 e. The molecule has 2 aliphatic carbocycles. The zero-order chi connectivity index (χ0) is 11.5. The largest absolute Gasteiger partial charge is 0.465 e. The maximum atomic E-state index is 11.9. The highest BCUT2D eigenvalue weighted by Gasteiger charge is 2.51. The molecule has 2 rings (SSSR count). The fourth-order valence-electron chi connectivity index (χ4n) is 3.29. The van der Waals surface area contributed by atoms with Crippen molar-refractivity contribution in [2.75, 3.05) is 6.61 Å². The molecular weight excluding hydrogens is 204 g/mol. The molecule has 2 aliphatic rings. The normalized spacial score (nSPS) is 36.3. The number of hydrogen-bond acceptors (Lipinski definition) is 3. The average molecular weight is 224 g/mol. The first-order valence-corrected chi connectivity index (χ1v) is 6.39. The molecule has 0 heterocycles. The average Bonchev–Trinajstić information content (AvgIpc) is 2.88. The van der Waals surface area contributed by atoms with Crippen LogP contribution in [0.2, 0.25) is 0 Å². The standard InChI is InChI=1S/C13H20O3/c1-2-3-6-16-13(15)12-10-5-4-9(7-10)11(12)8-14/h8-12H,2-7H2,1H3. The predicted octanol–water partition coefficient (Wildman–Crippen LogP) is 2.19. The van der Waals surface area contributed by atoms with Crippen LogP contribution in [-0.4, -0.2) is 18.9 Å². The Morgan fingerprint density at radius 3 is 2.81 bits per heavy atom. The first-order valence-electron chi connectivity index (χ1n) is 6.39. The molecule has 4 atom stereocenters. The molecule has 0 aromatic rings. The summed E-state index contributed by atoms with van der Waals surface area (Å²) >= 11 is 0. The van der Waals surface area contributed by atoms with Gasteiger partial charge in [-0.1, -0.05) is 13.3 Å². The van der Waals surface area contributed by atoms with Crippen LogP contribution >= 0.6 is 0 Å². The van der Waals surface area contributed by atoms with Gasteiger partial charge in [-0.15, -0.1) is 0 Å². The fraction of sp³-hybridized carbons (Fsp3) is 0.846. The van der Waals surface area contributed by atoms with Gasteiger partial charge in [0.2, 0.25) is 0 Å². The van der Waals surface area contributed by atoms with Gasteiger partial charge in [-0.25, -0.2) is 0 Å². The predicted molar refractivity (Wildman–Crippen MR) is 59.7 cm³/mol. The number of hydrogen-bond donors (Lipinski definition) is 0. The number of rotatable bonds is 5. The highest BCUT2D eigenvalue weighted by molar-refractivity contribution is 5.78. The van der Waals surface area contributed by atoms with E-state index < -0.39 is 0 Å². The Hall–Kier alpha value is -0.860. The molecule has 4 unspecified atom stereocenters. The Morgan fingerprint density at radius 2 is 2.12 bits per heavy atom. The Labute approximate surface area is 96.5 Å². The molecule has 0 amide bonds. The van der Waals surface area contributed by atoms with Crippen LogP contribution in [0.3, 0.4) is 0 Å². The molecular formula is C13H20O3. The molecule has 0 aromatic carbocycles. The van der Waals surface area contributed by atoms with Gasteiger partial charge in [-0.3, -0.25) is 4.79 Å². The number of fused-ring (bicyclic) bond motifs is 2. The maximum Gasteiger partial charge on any atom is 0.309 e. The van der Waals surface area contributed by atoms with Gasteiger partial charge in [-0.2, -0.15) is 0 Å². The van der Waals surface area contributed by atoms with Gasteiger partial charge < -0.3 is 9.53 Å². The molecule has 0 saturated heterocycles. The van der Waals surface area contributed by atoms with Gasteiger partial charge >= 0.3 is 5.97 Å². The van der Waals surface area contributed by atoms with Crippen molar-refractivity contribution >= 4 is 12.3 Å². The molecule has 2 fully saturated rings. The molecule has 0 aromatic heterocycles. The number of aldehydes is 1. The number of esters is 1. The summed E-state index contributed by atoms with van der Waals surface area (Å²) in [6.45, 7) is 2.58. The van der Waals surface area contributed by atoms with Gasteiger partial charge in [0.15, 0.2) is 0 Å². The molecule has 16 heavy (non-hydrogen) atoms. The van der Waals surface area contributed by atoms with Gasteiger partial charge in [0, 0.05) is 5.92 Å². The molecule has 0 radical (unpaired) electrons. The van der Waals surface area contributed by atoms with Crippen LogP contribution in [0.15, 0.2) is 0 Å². The van der Waals surface area contributed by atoms with Crippen LogP contribution in [0, 0.1) is 23.7 Å². The van der Waals surface area contributed by atoms with Gasteiger partial charge in [0.1, 0.15) is 6.29 Å². The van der Waals surface area contributed by atoms with Crippen molar-refractivity contribution in [3.63, 3.8) is 0 Å². The van der Waals surface area contributed by atoms with E-state index in [1.807, 2.05) is 0 Å². The second-order valence-electron chi connectivity index (χ2n) is 5.09. The lowest BCUT2D eigenvalue weighted by Crippen LogP contribution is -2.32. The van der Waals surface area contributed by atoms with E-state index in [9.17, 15) is 9.59 Å². The maximum absolute atomic E-state index is 11.9. The number of carbonyl (C=O) groups excluding carboxylic acids is 2. The summed E-state index contributed by atoms with van der Waals surface area (Å²) in [4.78, 5) is 22.9. The summed E-state index contributed by atoms with van der Waals surface area (Å²) in [5, 5.41) is 0. The topological polar surface area (TPSA) is 43.4 Å². The summed E-state index contributed by atoms with van der Waals surface area (Å²) in [5.74, 6) is 0.541. The van der Waals surface area contributed by atoms with Crippen molar-refractivity contribution in [1.29, 1.82) is 0 Å². The van der Waals surface area contributed by atoms with E-state index in [1.165, 1.54) is 0 Å². The molecule has 3 heteroatoms. The zero-order valence-corrected chi connectivity index (χ0v) is 9.85. The zero-order valence-electron chi connectivity index (χ0n) is 9.85. The number of unbranched alkanes of at least 4 members (excludes halogenated alkanes) is 1. The van der Waals surface area contributed by atoms with Crippen LogP contribution in [0.25, 0.3) is 0 Å².